The van der Waals surface area contributed by atoms with Crippen LogP contribution in [0.1, 0.15) is 27.2 Å². The van der Waals surface area contributed by atoms with Crippen LogP contribution in [0.15, 0.2) is 41.6 Å². The van der Waals surface area contributed by atoms with E-state index >= 15 is 0 Å². The third-order valence-electron chi connectivity index (χ3n) is 4.04. The maximum absolute atomic E-state index is 12.6. The minimum Gasteiger partial charge on any atom is -0.382 e. The largest absolute Gasteiger partial charge is 0.382 e. The first-order chi connectivity index (χ1) is 12.5. The summed E-state index contributed by atoms with van der Waals surface area (Å²) in [5.74, 6) is -0.277. The smallest absolute Gasteiger partial charge is 0.266 e. The van der Waals surface area contributed by atoms with Crippen molar-refractivity contribution in [1.29, 1.82) is 0 Å². The number of amides is 2. The topological polar surface area (TPSA) is 71.0 Å². The molecule has 0 bridgehead atoms. The Kier molecular flexibility index (Phi) is 5.58. The summed E-state index contributed by atoms with van der Waals surface area (Å²) in [6.07, 6.45) is -0.198. The molecule has 1 N–H and O–H groups in total. The van der Waals surface area contributed by atoms with Crippen molar-refractivity contribution in [2.24, 2.45) is 5.16 Å². The second kappa shape index (κ2) is 7.88. The molecule has 6 nitrogen and oxygen atoms in total. The Morgan fingerprint density at radius 2 is 2.04 bits per heavy atom. The number of likely N-dealkylation sites (N-methyl/N-ethyl adjacent to an activating group) is 1. The minimum atomic E-state index is -0.624. The molecule has 8 heteroatoms. The molecule has 2 heterocycles. The van der Waals surface area contributed by atoms with Crippen LogP contribution < -0.4 is 5.32 Å². The maximum Gasteiger partial charge on any atom is 0.266 e. The molecule has 136 valence electrons. The van der Waals surface area contributed by atoms with Crippen molar-refractivity contribution < 1.29 is 14.4 Å². The molecule has 1 aromatic carbocycles. The van der Waals surface area contributed by atoms with E-state index in [0.717, 1.165) is 16.2 Å². The van der Waals surface area contributed by atoms with E-state index in [0.29, 0.717) is 22.9 Å². The van der Waals surface area contributed by atoms with Gasteiger partial charge in [-0.3, -0.25) is 9.59 Å². The molecule has 1 unspecified atom stereocenters. The highest BCUT2D eigenvalue weighted by atomic mass is 35.5. The van der Waals surface area contributed by atoms with E-state index in [1.165, 1.54) is 11.3 Å². The van der Waals surface area contributed by atoms with Gasteiger partial charge in [-0.15, -0.1) is 11.3 Å². The fourth-order valence-corrected chi connectivity index (χ4v) is 3.66. The van der Waals surface area contributed by atoms with Gasteiger partial charge in [0, 0.05) is 32.6 Å². The van der Waals surface area contributed by atoms with E-state index in [9.17, 15) is 9.59 Å². The summed E-state index contributed by atoms with van der Waals surface area (Å²) in [5.41, 5.74) is 2.25. The highest BCUT2D eigenvalue weighted by Gasteiger charge is 2.31. The van der Waals surface area contributed by atoms with Gasteiger partial charge in [0.05, 0.1) is 9.21 Å². The van der Waals surface area contributed by atoms with Crippen molar-refractivity contribution in [3.8, 4) is 0 Å². The van der Waals surface area contributed by atoms with Crippen LogP contribution in [0.3, 0.4) is 0 Å². The van der Waals surface area contributed by atoms with Crippen LogP contribution in [0, 0.1) is 0 Å². The summed E-state index contributed by atoms with van der Waals surface area (Å²) in [6, 6.07) is 10.8. The highest BCUT2D eigenvalue weighted by molar-refractivity contribution is 7.18. The number of nitrogens with zero attached hydrogens (tertiary/aromatic N) is 2. The minimum absolute atomic E-state index is 0.137. The van der Waals surface area contributed by atoms with E-state index in [4.69, 9.17) is 16.4 Å². The van der Waals surface area contributed by atoms with E-state index < -0.39 is 6.10 Å². The van der Waals surface area contributed by atoms with E-state index in [2.05, 4.69) is 10.5 Å². The number of carbonyl (C=O) groups is 2. The van der Waals surface area contributed by atoms with Crippen LogP contribution in [0.25, 0.3) is 0 Å². The van der Waals surface area contributed by atoms with E-state index in [-0.39, 0.29) is 11.8 Å². The fourth-order valence-electron chi connectivity index (χ4n) is 2.63. The van der Waals surface area contributed by atoms with Crippen LogP contribution in [-0.2, 0) is 16.2 Å². The number of hydrogen-bond acceptors (Lipinski definition) is 5. The zero-order valence-corrected chi connectivity index (χ0v) is 15.9. The van der Waals surface area contributed by atoms with Crippen LogP contribution in [0.2, 0.25) is 4.34 Å². The number of rotatable bonds is 5. The Hall–Kier alpha value is -2.38. The summed E-state index contributed by atoms with van der Waals surface area (Å²) in [7, 11) is 3.31. The first-order valence-electron chi connectivity index (χ1n) is 8.02. The van der Waals surface area contributed by atoms with E-state index in [1.54, 1.807) is 37.2 Å². The molecule has 2 amide bonds. The lowest BCUT2D eigenvalue weighted by molar-refractivity contribution is -0.141. The fraction of sp³-hybridized carbons (Fsp3) is 0.278. The number of halogens is 1. The number of hydrogen-bond donors (Lipinski definition) is 1. The summed E-state index contributed by atoms with van der Waals surface area (Å²) >= 11 is 7.35. The third-order valence-corrected chi connectivity index (χ3v) is 5.32. The molecule has 0 saturated carbocycles. The van der Waals surface area contributed by atoms with Gasteiger partial charge in [0.1, 0.15) is 5.71 Å². The molecule has 1 aliphatic heterocycles. The third kappa shape index (κ3) is 4.05. The van der Waals surface area contributed by atoms with Crippen LogP contribution in [0.4, 0.5) is 0 Å². The average molecular weight is 392 g/mol. The molecule has 0 spiro atoms. The Bertz CT molecular complexity index is 848. The van der Waals surface area contributed by atoms with Crippen molar-refractivity contribution in [3.63, 3.8) is 0 Å². The molecule has 0 fully saturated rings. The Labute approximate surface area is 160 Å². The van der Waals surface area contributed by atoms with Crippen molar-refractivity contribution in [2.45, 2.75) is 19.1 Å². The SMILES string of the molecule is CNC(=O)c1ccc(CN(C)C(=O)C2CC(c3ccc(Cl)s3)=NO2)cc1. The van der Waals surface area contributed by atoms with Gasteiger partial charge in [-0.05, 0) is 29.8 Å². The second-order valence-corrected chi connectivity index (χ2v) is 7.63. The molecule has 1 aliphatic rings. The molecule has 26 heavy (non-hydrogen) atoms. The number of nitrogens with one attached hydrogen (secondary N) is 1. The van der Waals surface area contributed by atoms with Gasteiger partial charge >= 0.3 is 0 Å². The number of thiophene rings is 1. The maximum atomic E-state index is 12.6. The Morgan fingerprint density at radius 1 is 1.31 bits per heavy atom. The quantitative estimate of drug-likeness (QED) is 0.851. The van der Waals surface area contributed by atoms with Crippen molar-refractivity contribution in [3.05, 3.63) is 56.7 Å². The molecule has 3 rings (SSSR count). The van der Waals surface area contributed by atoms with Gasteiger partial charge in [0.2, 0.25) is 6.10 Å². The van der Waals surface area contributed by atoms with Gasteiger partial charge in [0.25, 0.3) is 11.8 Å². The predicted octanol–water partition coefficient (Wildman–Crippen LogP) is 2.91. The van der Waals surface area contributed by atoms with Crippen molar-refractivity contribution in [1.82, 2.24) is 10.2 Å². The summed E-state index contributed by atoms with van der Waals surface area (Å²) in [5, 5.41) is 6.60. The lowest BCUT2D eigenvalue weighted by atomic mass is 10.1. The Balaban J connectivity index is 1.58. The standard InChI is InChI=1S/C18H18ClN3O3S/c1-20-17(23)12-5-3-11(4-6-12)10-22(2)18(24)14-9-13(21-25-14)15-7-8-16(19)26-15/h3-8,14H,9-10H2,1-2H3,(H,20,23). The summed E-state index contributed by atoms with van der Waals surface area (Å²) in [6.45, 7) is 0.423. The number of benzene rings is 1. The molecule has 0 aliphatic carbocycles. The first-order valence-corrected chi connectivity index (χ1v) is 9.21. The van der Waals surface area contributed by atoms with Crippen LogP contribution >= 0.6 is 22.9 Å². The zero-order valence-electron chi connectivity index (χ0n) is 14.4. The number of carbonyl (C=O) groups excluding carboxylic acids is 2. The van der Waals surface area contributed by atoms with Crippen LogP contribution in [0.5, 0.6) is 0 Å². The average Bonchev–Trinajstić information content (AvgIpc) is 3.30. The highest BCUT2D eigenvalue weighted by Crippen LogP contribution is 2.27. The number of oxime groups is 1. The van der Waals surface area contributed by atoms with Gasteiger partial charge < -0.3 is 15.1 Å². The molecule has 0 saturated heterocycles. The molecular formula is C18H18ClN3O3S. The molecule has 2 aromatic rings. The van der Waals surface area contributed by atoms with Gasteiger partial charge in [0.15, 0.2) is 0 Å². The molecule has 1 aromatic heterocycles. The zero-order chi connectivity index (χ0) is 18.7. The summed E-state index contributed by atoms with van der Waals surface area (Å²) < 4.78 is 0.676. The van der Waals surface area contributed by atoms with Gasteiger partial charge in [-0.1, -0.05) is 28.9 Å². The van der Waals surface area contributed by atoms with Crippen molar-refractivity contribution >= 4 is 40.5 Å². The van der Waals surface area contributed by atoms with E-state index in [1.807, 2.05) is 18.2 Å². The molecular weight excluding hydrogens is 374 g/mol. The monoisotopic (exact) mass is 391 g/mol. The Morgan fingerprint density at radius 3 is 2.65 bits per heavy atom. The summed E-state index contributed by atoms with van der Waals surface area (Å²) in [4.78, 5) is 32.0. The lowest BCUT2D eigenvalue weighted by Crippen LogP contribution is -2.36. The lowest BCUT2D eigenvalue weighted by Gasteiger charge is -2.20. The van der Waals surface area contributed by atoms with Crippen LogP contribution in [-0.4, -0.2) is 42.6 Å². The van der Waals surface area contributed by atoms with Gasteiger partial charge in [-0.2, -0.15) is 0 Å². The van der Waals surface area contributed by atoms with Crippen molar-refractivity contribution in [2.75, 3.05) is 14.1 Å². The predicted molar refractivity (Wildman–Crippen MR) is 102 cm³/mol. The first kappa shape index (κ1) is 18.4. The normalized spacial score (nSPS) is 16.0. The molecule has 1 atom stereocenters. The van der Waals surface area contributed by atoms with Gasteiger partial charge in [-0.25, -0.2) is 0 Å². The second-order valence-electron chi connectivity index (χ2n) is 5.91. The molecule has 0 radical (unpaired) electrons.